The van der Waals surface area contributed by atoms with Crippen molar-refractivity contribution in [3.8, 4) is 0 Å². The second kappa shape index (κ2) is 8.11. The molecule has 0 unspecified atom stereocenters. The van der Waals surface area contributed by atoms with Crippen molar-refractivity contribution in [1.29, 1.82) is 0 Å². The van der Waals surface area contributed by atoms with Gasteiger partial charge in [-0.3, -0.25) is 4.79 Å². The molecule has 3 heteroatoms. The Kier molecular flexibility index (Phi) is 5.65. The van der Waals surface area contributed by atoms with Crippen LogP contribution in [0.5, 0.6) is 0 Å². The molecule has 0 amide bonds. The molecule has 0 bridgehead atoms. The van der Waals surface area contributed by atoms with Crippen LogP contribution in [-0.4, -0.2) is 17.7 Å². The van der Waals surface area contributed by atoms with Gasteiger partial charge in [0.1, 0.15) is 0 Å². The number of piperidine rings is 1. The van der Waals surface area contributed by atoms with Crippen molar-refractivity contribution in [1.82, 2.24) is 9.88 Å². The van der Waals surface area contributed by atoms with Gasteiger partial charge >= 0.3 is 0 Å². The number of benzene rings is 1. The van der Waals surface area contributed by atoms with Crippen LogP contribution in [0.25, 0.3) is 12.2 Å². The maximum atomic E-state index is 12.3. The zero-order valence-electron chi connectivity index (χ0n) is 14.4. The van der Waals surface area contributed by atoms with Gasteiger partial charge in [-0.1, -0.05) is 43.3 Å². The number of nitrogens with zero attached hydrogens (tertiary/aromatic N) is 1. The molecule has 1 aromatic carbocycles. The van der Waals surface area contributed by atoms with Crippen molar-refractivity contribution >= 4 is 12.2 Å². The molecule has 0 spiro atoms. The lowest BCUT2D eigenvalue weighted by molar-refractivity contribution is 0.330. The number of aryl methyl sites for hydroxylation is 1. The molecule has 2 heterocycles. The fourth-order valence-corrected chi connectivity index (χ4v) is 3.18. The molecule has 1 aliphatic heterocycles. The summed E-state index contributed by atoms with van der Waals surface area (Å²) in [5.41, 5.74) is 3.55. The van der Waals surface area contributed by atoms with E-state index < -0.39 is 0 Å². The van der Waals surface area contributed by atoms with E-state index in [1.165, 1.54) is 5.56 Å². The van der Waals surface area contributed by atoms with Crippen molar-refractivity contribution in [2.24, 2.45) is 5.92 Å². The molecule has 1 aliphatic rings. The number of hydrogen-bond donors (Lipinski definition) is 1. The highest BCUT2D eigenvalue weighted by molar-refractivity contribution is 5.69. The van der Waals surface area contributed by atoms with Gasteiger partial charge in [-0.05, 0) is 61.0 Å². The third kappa shape index (κ3) is 4.45. The lowest BCUT2D eigenvalue weighted by Gasteiger charge is -2.23. The monoisotopic (exact) mass is 322 g/mol. The van der Waals surface area contributed by atoms with Crippen molar-refractivity contribution in [2.45, 2.75) is 32.7 Å². The fourth-order valence-electron chi connectivity index (χ4n) is 3.18. The molecular weight excluding hydrogens is 296 g/mol. The van der Waals surface area contributed by atoms with Gasteiger partial charge in [0.25, 0.3) is 5.56 Å². The van der Waals surface area contributed by atoms with E-state index >= 15 is 0 Å². The summed E-state index contributed by atoms with van der Waals surface area (Å²) < 4.78 is 1.85. The molecule has 126 valence electrons. The Labute approximate surface area is 144 Å². The molecule has 1 saturated heterocycles. The summed E-state index contributed by atoms with van der Waals surface area (Å²) in [7, 11) is 0. The van der Waals surface area contributed by atoms with Gasteiger partial charge in [-0.2, -0.15) is 0 Å². The SMILES string of the molecule is CCc1ccc(/C=C/c2ccn(CC3CCNCC3)c(=O)c2)cc1. The zero-order chi connectivity index (χ0) is 16.8. The van der Waals surface area contributed by atoms with Gasteiger partial charge < -0.3 is 9.88 Å². The van der Waals surface area contributed by atoms with Crippen molar-refractivity contribution in [2.75, 3.05) is 13.1 Å². The van der Waals surface area contributed by atoms with Crippen LogP contribution in [0.1, 0.15) is 36.5 Å². The molecule has 1 N–H and O–H groups in total. The van der Waals surface area contributed by atoms with Gasteiger partial charge in [0, 0.05) is 18.8 Å². The minimum Gasteiger partial charge on any atom is -0.317 e. The predicted octanol–water partition coefficient (Wildman–Crippen LogP) is 3.58. The van der Waals surface area contributed by atoms with Crippen LogP contribution >= 0.6 is 0 Å². The van der Waals surface area contributed by atoms with Crippen molar-refractivity contribution < 1.29 is 0 Å². The van der Waals surface area contributed by atoms with Gasteiger partial charge in [0.15, 0.2) is 0 Å². The van der Waals surface area contributed by atoms with E-state index in [1.54, 1.807) is 6.07 Å². The Morgan fingerprint density at radius 1 is 1.08 bits per heavy atom. The quantitative estimate of drug-likeness (QED) is 0.913. The normalized spacial score (nSPS) is 15.9. The maximum absolute atomic E-state index is 12.3. The second-order valence-electron chi connectivity index (χ2n) is 6.57. The third-order valence-electron chi connectivity index (χ3n) is 4.79. The van der Waals surface area contributed by atoms with Gasteiger partial charge in [-0.15, -0.1) is 0 Å². The Bertz CT molecular complexity index is 737. The number of aromatic nitrogens is 1. The first-order valence-corrected chi connectivity index (χ1v) is 8.93. The van der Waals surface area contributed by atoms with E-state index in [1.807, 2.05) is 22.9 Å². The van der Waals surface area contributed by atoms with Gasteiger partial charge in [0.2, 0.25) is 0 Å². The molecule has 0 atom stereocenters. The maximum Gasteiger partial charge on any atom is 0.251 e. The summed E-state index contributed by atoms with van der Waals surface area (Å²) in [5.74, 6) is 0.613. The van der Waals surface area contributed by atoms with E-state index in [4.69, 9.17) is 0 Å². The average molecular weight is 322 g/mol. The molecule has 24 heavy (non-hydrogen) atoms. The van der Waals surface area contributed by atoms with Crippen molar-refractivity contribution in [3.63, 3.8) is 0 Å². The molecule has 0 radical (unpaired) electrons. The summed E-state index contributed by atoms with van der Waals surface area (Å²) in [6, 6.07) is 12.3. The smallest absolute Gasteiger partial charge is 0.251 e. The topological polar surface area (TPSA) is 34.0 Å². The predicted molar refractivity (Wildman–Crippen MR) is 101 cm³/mol. The Morgan fingerprint density at radius 2 is 1.79 bits per heavy atom. The highest BCUT2D eigenvalue weighted by Gasteiger charge is 2.13. The summed E-state index contributed by atoms with van der Waals surface area (Å²) >= 11 is 0. The first kappa shape index (κ1) is 16.7. The minimum absolute atomic E-state index is 0.0945. The molecule has 3 rings (SSSR count). The van der Waals surface area contributed by atoms with Crippen LogP contribution < -0.4 is 10.9 Å². The molecule has 2 aromatic rings. The van der Waals surface area contributed by atoms with E-state index in [9.17, 15) is 4.79 Å². The van der Waals surface area contributed by atoms with E-state index in [0.717, 1.165) is 50.0 Å². The number of rotatable bonds is 5. The molecule has 3 nitrogen and oxygen atoms in total. The van der Waals surface area contributed by atoms with Crippen LogP contribution in [0, 0.1) is 5.92 Å². The molecule has 0 aliphatic carbocycles. The molecular formula is C21H26N2O. The first-order chi connectivity index (χ1) is 11.7. The van der Waals surface area contributed by atoms with Crippen LogP contribution in [0.15, 0.2) is 47.4 Å². The van der Waals surface area contributed by atoms with Crippen molar-refractivity contribution in [3.05, 3.63) is 69.6 Å². The standard InChI is InChI=1S/C21H26N2O/c1-2-17-3-5-18(6-4-17)7-8-19-11-14-23(21(24)15-19)16-20-9-12-22-13-10-20/h3-8,11,14-15,20,22H,2,9-10,12-13,16H2,1H3/b8-7+. The number of nitrogens with one attached hydrogen (secondary N) is 1. The van der Waals surface area contributed by atoms with Crippen LogP contribution in [0.4, 0.5) is 0 Å². The highest BCUT2D eigenvalue weighted by atomic mass is 16.1. The second-order valence-corrected chi connectivity index (χ2v) is 6.57. The summed E-state index contributed by atoms with van der Waals surface area (Å²) in [6.07, 6.45) is 9.37. The van der Waals surface area contributed by atoms with Crippen LogP contribution in [-0.2, 0) is 13.0 Å². The summed E-state index contributed by atoms with van der Waals surface area (Å²) in [4.78, 5) is 12.3. The zero-order valence-corrected chi connectivity index (χ0v) is 14.4. The fraction of sp³-hybridized carbons (Fsp3) is 0.381. The average Bonchev–Trinajstić information content (AvgIpc) is 2.63. The van der Waals surface area contributed by atoms with Gasteiger partial charge in [0.05, 0.1) is 0 Å². The minimum atomic E-state index is 0.0945. The van der Waals surface area contributed by atoms with E-state index in [-0.39, 0.29) is 5.56 Å². The molecule has 1 aromatic heterocycles. The third-order valence-corrected chi connectivity index (χ3v) is 4.79. The van der Waals surface area contributed by atoms with E-state index in [2.05, 4.69) is 42.6 Å². The first-order valence-electron chi connectivity index (χ1n) is 8.93. The lowest BCUT2D eigenvalue weighted by Crippen LogP contribution is -2.32. The Hall–Kier alpha value is -2.13. The number of hydrogen-bond acceptors (Lipinski definition) is 2. The summed E-state index contributed by atoms with van der Waals surface area (Å²) in [6.45, 7) is 5.13. The van der Waals surface area contributed by atoms with Gasteiger partial charge in [-0.25, -0.2) is 0 Å². The molecule has 0 saturated carbocycles. The highest BCUT2D eigenvalue weighted by Crippen LogP contribution is 2.14. The van der Waals surface area contributed by atoms with E-state index in [0.29, 0.717) is 5.92 Å². The van der Waals surface area contributed by atoms with Crippen LogP contribution in [0.3, 0.4) is 0 Å². The Balaban J connectivity index is 1.67. The Morgan fingerprint density at radius 3 is 2.46 bits per heavy atom. The molecule has 1 fully saturated rings. The lowest BCUT2D eigenvalue weighted by atomic mass is 9.98. The largest absolute Gasteiger partial charge is 0.317 e. The van der Waals surface area contributed by atoms with Crippen LogP contribution in [0.2, 0.25) is 0 Å². The summed E-state index contributed by atoms with van der Waals surface area (Å²) in [5, 5.41) is 3.37. The number of pyridine rings is 1.